The first-order chi connectivity index (χ1) is 7.07. The van der Waals surface area contributed by atoms with Crippen molar-refractivity contribution in [3.05, 3.63) is 22.5 Å². The normalized spacial score (nSPS) is 20.5. The van der Waals surface area contributed by atoms with Crippen LogP contribution in [0.25, 0.3) is 0 Å². The molecule has 0 saturated heterocycles. The summed E-state index contributed by atoms with van der Waals surface area (Å²) in [6.07, 6.45) is 1.88. The smallest absolute Gasteiger partial charge is 0.169 e. The van der Waals surface area contributed by atoms with Crippen LogP contribution >= 0.6 is 0 Å². The number of rotatable bonds is 1. The summed E-state index contributed by atoms with van der Waals surface area (Å²) in [5, 5.41) is 0. The lowest BCUT2D eigenvalue weighted by Gasteiger charge is -2.20. The number of nitrogens with zero attached hydrogens (tertiary/aromatic N) is 1. The number of aromatic nitrogens is 1. The van der Waals surface area contributed by atoms with E-state index in [9.17, 15) is 4.79 Å². The molecule has 0 amide bonds. The summed E-state index contributed by atoms with van der Waals surface area (Å²) in [5.41, 5.74) is 10.1. The Bertz CT molecular complexity index is 418. The molecule has 15 heavy (non-hydrogen) atoms. The Labute approximate surface area is 90.3 Å². The van der Waals surface area contributed by atoms with Gasteiger partial charge < -0.3 is 10.3 Å². The van der Waals surface area contributed by atoms with Gasteiger partial charge in [-0.2, -0.15) is 0 Å². The molecule has 1 aromatic heterocycles. The molecule has 0 radical (unpaired) electrons. The Morgan fingerprint density at radius 1 is 1.47 bits per heavy atom. The highest BCUT2D eigenvalue weighted by molar-refractivity contribution is 6.01. The molecule has 0 saturated carbocycles. The molecule has 1 aliphatic rings. The number of Topliss-reactive ketones (excluding diaryl/α,β-unsaturated/α-hetero) is 1. The molecule has 1 unspecified atom stereocenters. The van der Waals surface area contributed by atoms with E-state index in [0.29, 0.717) is 6.54 Å². The van der Waals surface area contributed by atoms with Crippen LogP contribution in [0.2, 0.25) is 0 Å². The van der Waals surface area contributed by atoms with Gasteiger partial charge in [0.15, 0.2) is 5.78 Å². The minimum absolute atomic E-state index is 0.0398. The van der Waals surface area contributed by atoms with E-state index in [1.807, 2.05) is 14.0 Å². The Hall–Kier alpha value is -1.09. The summed E-state index contributed by atoms with van der Waals surface area (Å²) >= 11 is 0. The number of carbonyl (C=O) groups is 1. The quantitative estimate of drug-likeness (QED) is 0.754. The van der Waals surface area contributed by atoms with Crippen LogP contribution in [0, 0.1) is 19.8 Å². The third-order valence-corrected chi connectivity index (χ3v) is 3.75. The standard InChI is InChI=1S/C12H18N2O/c1-7-8(2)14(3)10-5-4-9(6-13)12(15)11(7)10/h9H,4-6,13H2,1-3H3. The van der Waals surface area contributed by atoms with E-state index in [1.54, 1.807) is 0 Å². The lowest BCUT2D eigenvalue weighted by Crippen LogP contribution is -2.29. The molecule has 0 aromatic carbocycles. The molecule has 0 fully saturated rings. The molecule has 0 aliphatic heterocycles. The van der Waals surface area contributed by atoms with Gasteiger partial charge in [0.2, 0.25) is 0 Å². The maximum Gasteiger partial charge on any atom is 0.169 e. The molecule has 1 heterocycles. The van der Waals surface area contributed by atoms with Crippen molar-refractivity contribution >= 4 is 5.78 Å². The zero-order valence-electron chi connectivity index (χ0n) is 9.63. The summed E-state index contributed by atoms with van der Waals surface area (Å²) < 4.78 is 2.15. The van der Waals surface area contributed by atoms with Crippen molar-refractivity contribution in [3.8, 4) is 0 Å². The molecule has 2 rings (SSSR count). The second-order valence-corrected chi connectivity index (χ2v) is 4.43. The Balaban J connectivity index is 2.57. The van der Waals surface area contributed by atoms with Crippen LogP contribution < -0.4 is 5.73 Å². The predicted molar refractivity (Wildman–Crippen MR) is 60.1 cm³/mol. The van der Waals surface area contributed by atoms with E-state index in [0.717, 1.165) is 24.0 Å². The van der Waals surface area contributed by atoms with E-state index in [2.05, 4.69) is 11.5 Å². The maximum absolute atomic E-state index is 12.1. The van der Waals surface area contributed by atoms with Crippen molar-refractivity contribution in [2.75, 3.05) is 6.54 Å². The van der Waals surface area contributed by atoms with Gasteiger partial charge in [0.1, 0.15) is 0 Å². The maximum atomic E-state index is 12.1. The van der Waals surface area contributed by atoms with Gasteiger partial charge in [-0.3, -0.25) is 4.79 Å². The lowest BCUT2D eigenvalue weighted by molar-refractivity contribution is 0.0906. The van der Waals surface area contributed by atoms with Crippen LogP contribution in [-0.4, -0.2) is 16.9 Å². The van der Waals surface area contributed by atoms with Gasteiger partial charge >= 0.3 is 0 Å². The van der Waals surface area contributed by atoms with Gasteiger partial charge in [-0.1, -0.05) is 0 Å². The second-order valence-electron chi connectivity index (χ2n) is 4.43. The third kappa shape index (κ3) is 1.34. The minimum Gasteiger partial charge on any atom is -0.351 e. The minimum atomic E-state index is 0.0398. The van der Waals surface area contributed by atoms with Gasteiger partial charge in [0.25, 0.3) is 0 Å². The van der Waals surface area contributed by atoms with Crippen LogP contribution in [0.15, 0.2) is 0 Å². The van der Waals surface area contributed by atoms with Gasteiger partial charge in [0.05, 0.1) is 0 Å². The molecular formula is C12H18N2O. The van der Waals surface area contributed by atoms with E-state index in [1.165, 1.54) is 11.4 Å². The second kappa shape index (κ2) is 3.49. The number of carbonyl (C=O) groups excluding carboxylic acids is 1. The Morgan fingerprint density at radius 3 is 2.73 bits per heavy atom. The first kappa shape index (κ1) is 10.4. The average Bonchev–Trinajstić information content (AvgIpc) is 2.45. The van der Waals surface area contributed by atoms with Gasteiger partial charge in [-0.25, -0.2) is 0 Å². The summed E-state index contributed by atoms with van der Waals surface area (Å²) in [6, 6.07) is 0. The van der Waals surface area contributed by atoms with Gasteiger partial charge in [-0.15, -0.1) is 0 Å². The molecule has 1 aliphatic carbocycles. The molecule has 3 nitrogen and oxygen atoms in total. The van der Waals surface area contributed by atoms with Gasteiger partial charge in [-0.05, 0) is 32.3 Å². The molecular weight excluding hydrogens is 188 g/mol. The zero-order chi connectivity index (χ0) is 11.2. The van der Waals surface area contributed by atoms with E-state index in [4.69, 9.17) is 5.73 Å². The summed E-state index contributed by atoms with van der Waals surface area (Å²) in [7, 11) is 2.04. The third-order valence-electron chi connectivity index (χ3n) is 3.75. The number of hydrogen-bond donors (Lipinski definition) is 1. The van der Waals surface area contributed by atoms with Crippen molar-refractivity contribution in [1.29, 1.82) is 0 Å². The fourth-order valence-electron chi connectivity index (χ4n) is 2.51. The highest BCUT2D eigenvalue weighted by Gasteiger charge is 2.31. The summed E-state index contributed by atoms with van der Waals surface area (Å²) in [6.45, 7) is 4.58. The van der Waals surface area contributed by atoms with E-state index in [-0.39, 0.29) is 11.7 Å². The molecule has 1 aromatic rings. The first-order valence-electron chi connectivity index (χ1n) is 5.47. The topological polar surface area (TPSA) is 48.0 Å². The fraction of sp³-hybridized carbons (Fsp3) is 0.583. The lowest BCUT2D eigenvalue weighted by atomic mass is 9.85. The zero-order valence-corrected chi connectivity index (χ0v) is 9.63. The van der Waals surface area contributed by atoms with Crippen molar-refractivity contribution in [2.24, 2.45) is 18.7 Å². The van der Waals surface area contributed by atoms with Crippen molar-refractivity contribution in [1.82, 2.24) is 4.57 Å². The van der Waals surface area contributed by atoms with Crippen LogP contribution in [0.3, 0.4) is 0 Å². The number of fused-ring (bicyclic) bond motifs is 1. The SMILES string of the molecule is Cc1c2c(n(C)c1C)CCC(CN)C2=O. The first-order valence-corrected chi connectivity index (χ1v) is 5.47. The number of nitrogens with two attached hydrogens (primary N) is 1. The number of hydrogen-bond acceptors (Lipinski definition) is 2. The highest BCUT2D eigenvalue weighted by Crippen LogP contribution is 2.30. The van der Waals surface area contributed by atoms with Crippen LogP contribution in [-0.2, 0) is 13.5 Å². The molecule has 1 atom stereocenters. The van der Waals surface area contributed by atoms with Crippen LogP contribution in [0.1, 0.15) is 33.7 Å². The molecule has 82 valence electrons. The van der Waals surface area contributed by atoms with Gasteiger partial charge in [0, 0.05) is 36.5 Å². The molecule has 2 N–H and O–H groups in total. The largest absolute Gasteiger partial charge is 0.351 e. The Morgan fingerprint density at radius 2 is 2.13 bits per heavy atom. The predicted octanol–water partition coefficient (Wildman–Crippen LogP) is 1.35. The fourth-order valence-corrected chi connectivity index (χ4v) is 2.51. The highest BCUT2D eigenvalue weighted by atomic mass is 16.1. The molecule has 0 bridgehead atoms. The van der Waals surface area contributed by atoms with Crippen molar-refractivity contribution in [2.45, 2.75) is 26.7 Å². The molecule has 3 heteroatoms. The monoisotopic (exact) mass is 206 g/mol. The van der Waals surface area contributed by atoms with E-state index >= 15 is 0 Å². The molecule has 0 spiro atoms. The summed E-state index contributed by atoms with van der Waals surface area (Å²) in [4.78, 5) is 12.1. The van der Waals surface area contributed by atoms with Crippen LogP contribution in [0.4, 0.5) is 0 Å². The Kier molecular flexibility index (Phi) is 2.43. The van der Waals surface area contributed by atoms with Crippen LogP contribution in [0.5, 0.6) is 0 Å². The summed E-state index contributed by atoms with van der Waals surface area (Å²) in [5.74, 6) is 0.290. The number of ketones is 1. The van der Waals surface area contributed by atoms with Crippen molar-refractivity contribution < 1.29 is 4.79 Å². The average molecular weight is 206 g/mol. The van der Waals surface area contributed by atoms with Crippen molar-refractivity contribution in [3.63, 3.8) is 0 Å². The van der Waals surface area contributed by atoms with E-state index < -0.39 is 0 Å².